The number of halogens is 1. The van der Waals surface area contributed by atoms with Crippen molar-refractivity contribution in [2.75, 3.05) is 21.3 Å². The molecule has 3 rings (SSSR count). The van der Waals surface area contributed by atoms with Gasteiger partial charge in [-0.2, -0.15) is 10.2 Å². The van der Waals surface area contributed by atoms with E-state index in [9.17, 15) is 4.79 Å². The summed E-state index contributed by atoms with van der Waals surface area (Å²) in [4.78, 5) is 12.3. The fourth-order valence-corrected chi connectivity index (χ4v) is 3.24. The Balaban J connectivity index is 1.66. The smallest absolute Gasteiger partial charge is 0.291 e. The van der Waals surface area contributed by atoms with Crippen molar-refractivity contribution >= 4 is 28.1 Å². The second-order valence-corrected chi connectivity index (χ2v) is 7.10. The van der Waals surface area contributed by atoms with Gasteiger partial charge in [0.1, 0.15) is 0 Å². The van der Waals surface area contributed by atoms with Gasteiger partial charge in [0.15, 0.2) is 17.2 Å². The first-order valence-electron chi connectivity index (χ1n) is 8.95. The summed E-state index contributed by atoms with van der Waals surface area (Å²) in [6.07, 6.45) is 3.24. The molecule has 1 heterocycles. The highest BCUT2D eigenvalue weighted by Crippen LogP contribution is 2.37. The largest absolute Gasteiger partial charge is 0.493 e. The summed E-state index contributed by atoms with van der Waals surface area (Å²) >= 11 is 3.45. The van der Waals surface area contributed by atoms with Crippen LogP contribution in [0.3, 0.4) is 0 Å². The number of benzene rings is 2. The predicted molar refractivity (Wildman–Crippen MR) is 117 cm³/mol. The van der Waals surface area contributed by atoms with Gasteiger partial charge in [0, 0.05) is 16.2 Å². The quantitative estimate of drug-likeness (QED) is 0.400. The lowest BCUT2D eigenvalue weighted by molar-refractivity contribution is 0.0949. The van der Waals surface area contributed by atoms with Crippen LogP contribution in [0.4, 0.5) is 0 Å². The van der Waals surface area contributed by atoms with E-state index >= 15 is 0 Å². The molecule has 156 valence electrons. The minimum atomic E-state index is -0.410. The molecule has 0 unspecified atom stereocenters. The highest BCUT2D eigenvalue weighted by molar-refractivity contribution is 9.10. The van der Waals surface area contributed by atoms with Gasteiger partial charge in [-0.3, -0.25) is 9.48 Å². The van der Waals surface area contributed by atoms with E-state index in [1.54, 1.807) is 29.1 Å². The van der Waals surface area contributed by atoms with Crippen LogP contribution in [0.25, 0.3) is 0 Å². The third-order valence-corrected chi connectivity index (χ3v) is 4.67. The first-order valence-corrected chi connectivity index (χ1v) is 9.74. The van der Waals surface area contributed by atoms with Crippen LogP contribution in [0.1, 0.15) is 21.6 Å². The Morgan fingerprint density at radius 3 is 2.50 bits per heavy atom. The summed E-state index contributed by atoms with van der Waals surface area (Å²) in [6.45, 7) is 0.557. The van der Waals surface area contributed by atoms with E-state index in [2.05, 4.69) is 31.6 Å². The van der Waals surface area contributed by atoms with Gasteiger partial charge in [-0.05, 0) is 35.9 Å². The number of carbonyl (C=O) groups excluding carboxylic acids is 1. The highest BCUT2D eigenvalue weighted by atomic mass is 79.9. The first kappa shape index (κ1) is 21.4. The minimum absolute atomic E-state index is 0.270. The van der Waals surface area contributed by atoms with E-state index in [4.69, 9.17) is 14.2 Å². The van der Waals surface area contributed by atoms with Crippen molar-refractivity contribution < 1.29 is 19.0 Å². The van der Waals surface area contributed by atoms with E-state index in [-0.39, 0.29) is 5.69 Å². The average molecular weight is 473 g/mol. The number of nitrogens with one attached hydrogen (secondary N) is 1. The van der Waals surface area contributed by atoms with E-state index < -0.39 is 5.91 Å². The molecule has 0 radical (unpaired) electrons. The van der Waals surface area contributed by atoms with Crippen LogP contribution >= 0.6 is 15.9 Å². The van der Waals surface area contributed by atoms with Gasteiger partial charge in [0.2, 0.25) is 5.75 Å². The summed E-state index contributed by atoms with van der Waals surface area (Å²) in [5.41, 5.74) is 4.48. The molecule has 1 aromatic heterocycles. The number of ether oxygens (including phenoxy) is 3. The number of hydrogen-bond acceptors (Lipinski definition) is 6. The molecule has 9 heteroatoms. The first-order chi connectivity index (χ1) is 14.5. The van der Waals surface area contributed by atoms with Crippen LogP contribution < -0.4 is 19.6 Å². The van der Waals surface area contributed by atoms with Gasteiger partial charge in [-0.1, -0.05) is 28.1 Å². The summed E-state index contributed by atoms with van der Waals surface area (Å²) < 4.78 is 18.6. The van der Waals surface area contributed by atoms with Crippen molar-refractivity contribution in [3.63, 3.8) is 0 Å². The zero-order valence-corrected chi connectivity index (χ0v) is 18.3. The van der Waals surface area contributed by atoms with Crippen LogP contribution in [0, 0.1) is 0 Å². The normalized spacial score (nSPS) is 10.8. The SMILES string of the molecule is COc1cc(C=NNC(=O)c2ccn(Cc3cccc(Br)c3)n2)cc(OC)c1OC. The van der Waals surface area contributed by atoms with Crippen LogP contribution in [0.15, 0.2) is 58.2 Å². The molecule has 0 aliphatic rings. The zero-order valence-electron chi connectivity index (χ0n) is 16.8. The summed E-state index contributed by atoms with van der Waals surface area (Å²) in [7, 11) is 4.60. The van der Waals surface area contributed by atoms with Crippen molar-refractivity contribution in [2.45, 2.75) is 6.54 Å². The van der Waals surface area contributed by atoms with Crippen LogP contribution in [-0.2, 0) is 6.54 Å². The van der Waals surface area contributed by atoms with Gasteiger partial charge in [0.05, 0.1) is 34.1 Å². The van der Waals surface area contributed by atoms with Crippen LogP contribution in [0.2, 0.25) is 0 Å². The second-order valence-electron chi connectivity index (χ2n) is 6.19. The molecule has 3 aromatic rings. The number of amides is 1. The lowest BCUT2D eigenvalue weighted by Crippen LogP contribution is -2.18. The molecule has 1 N–H and O–H groups in total. The Labute approximate surface area is 182 Å². The molecule has 0 bridgehead atoms. The van der Waals surface area contributed by atoms with Gasteiger partial charge in [-0.25, -0.2) is 5.43 Å². The van der Waals surface area contributed by atoms with E-state index in [0.29, 0.717) is 29.4 Å². The van der Waals surface area contributed by atoms with E-state index in [1.165, 1.54) is 27.5 Å². The van der Waals surface area contributed by atoms with Gasteiger partial charge < -0.3 is 14.2 Å². The van der Waals surface area contributed by atoms with Gasteiger partial charge in [0.25, 0.3) is 5.91 Å². The molecule has 0 spiro atoms. The van der Waals surface area contributed by atoms with Crippen molar-refractivity contribution in [3.8, 4) is 17.2 Å². The summed E-state index contributed by atoms with van der Waals surface area (Å²) in [6, 6.07) is 13.0. The molecule has 0 aliphatic heterocycles. The molecule has 1 amide bonds. The standard InChI is InChI=1S/C21H21BrN4O4/c1-28-18-10-15(11-19(29-2)20(18)30-3)12-23-24-21(27)17-7-8-26(25-17)13-14-5-4-6-16(22)9-14/h4-12H,13H2,1-3H3,(H,24,27). The maximum Gasteiger partial charge on any atom is 0.291 e. The maximum atomic E-state index is 12.3. The Bertz CT molecular complexity index is 1040. The molecule has 0 saturated carbocycles. The van der Waals surface area contributed by atoms with Crippen molar-refractivity contribution in [2.24, 2.45) is 5.10 Å². The van der Waals surface area contributed by atoms with Crippen molar-refractivity contribution in [3.05, 3.63) is 70.0 Å². The summed E-state index contributed by atoms with van der Waals surface area (Å²) in [5, 5.41) is 8.29. The number of methoxy groups -OCH3 is 3. The molecular formula is C21H21BrN4O4. The lowest BCUT2D eigenvalue weighted by Gasteiger charge is -2.12. The molecule has 0 aliphatic carbocycles. The van der Waals surface area contributed by atoms with E-state index in [1.807, 2.05) is 24.3 Å². The predicted octanol–water partition coefficient (Wildman–Crippen LogP) is 3.48. The minimum Gasteiger partial charge on any atom is -0.493 e. The molecule has 0 saturated heterocycles. The Kier molecular flexibility index (Phi) is 7.08. The number of nitrogens with zero attached hydrogens (tertiary/aromatic N) is 3. The Morgan fingerprint density at radius 2 is 1.87 bits per heavy atom. The fraction of sp³-hybridized carbons (Fsp3) is 0.190. The van der Waals surface area contributed by atoms with Gasteiger partial charge in [-0.15, -0.1) is 0 Å². The van der Waals surface area contributed by atoms with Crippen LogP contribution in [0.5, 0.6) is 17.2 Å². The van der Waals surface area contributed by atoms with Crippen molar-refractivity contribution in [1.29, 1.82) is 0 Å². The van der Waals surface area contributed by atoms with Gasteiger partial charge >= 0.3 is 0 Å². The Hall–Kier alpha value is -3.33. The number of carbonyl (C=O) groups is 1. The molecule has 8 nitrogen and oxygen atoms in total. The zero-order chi connectivity index (χ0) is 21.5. The number of aromatic nitrogens is 2. The van der Waals surface area contributed by atoms with E-state index in [0.717, 1.165) is 10.0 Å². The molecule has 2 aromatic carbocycles. The lowest BCUT2D eigenvalue weighted by atomic mass is 10.2. The number of hydrogen-bond donors (Lipinski definition) is 1. The topological polar surface area (TPSA) is 87.0 Å². The second kappa shape index (κ2) is 9.93. The molecular weight excluding hydrogens is 452 g/mol. The highest BCUT2D eigenvalue weighted by Gasteiger charge is 2.13. The Morgan fingerprint density at radius 1 is 1.13 bits per heavy atom. The average Bonchev–Trinajstić information content (AvgIpc) is 3.21. The third kappa shape index (κ3) is 5.18. The van der Waals surface area contributed by atoms with Crippen molar-refractivity contribution in [1.82, 2.24) is 15.2 Å². The molecule has 0 atom stereocenters. The third-order valence-electron chi connectivity index (χ3n) is 4.17. The summed E-state index contributed by atoms with van der Waals surface area (Å²) in [5.74, 6) is 1.07. The monoisotopic (exact) mass is 472 g/mol. The maximum absolute atomic E-state index is 12.3. The van der Waals surface area contributed by atoms with Crippen LogP contribution in [-0.4, -0.2) is 43.2 Å². The number of rotatable bonds is 8. The number of hydrazone groups is 1. The molecule has 30 heavy (non-hydrogen) atoms. The molecule has 0 fully saturated rings. The fourth-order valence-electron chi connectivity index (χ4n) is 2.79.